The SMILES string of the molecule is CCCNS(=O)(=O)c1ccc(C(=O)N[C@@H]2CN(C)C[C@H]2OCC)cc1. The molecule has 8 heteroatoms. The van der Waals surface area contributed by atoms with E-state index in [9.17, 15) is 13.2 Å². The Labute approximate surface area is 149 Å². The van der Waals surface area contributed by atoms with Crippen LogP contribution < -0.4 is 10.0 Å². The van der Waals surface area contributed by atoms with Crippen molar-refractivity contribution in [1.82, 2.24) is 14.9 Å². The van der Waals surface area contributed by atoms with Crippen molar-refractivity contribution in [3.05, 3.63) is 29.8 Å². The summed E-state index contributed by atoms with van der Waals surface area (Å²) in [5, 5.41) is 2.98. The topological polar surface area (TPSA) is 87.7 Å². The summed E-state index contributed by atoms with van der Waals surface area (Å²) in [7, 11) is -1.53. The average molecular weight is 369 g/mol. The molecule has 2 atom stereocenters. The molecular weight excluding hydrogens is 342 g/mol. The van der Waals surface area contributed by atoms with Crippen LogP contribution >= 0.6 is 0 Å². The molecule has 0 saturated carbocycles. The number of likely N-dealkylation sites (N-methyl/N-ethyl adjacent to an activating group) is 1. The molecule has 25 heavy (non-hydrogen) atoms. The van der Waals surface area contributed by atoms with Gasteiger partial charge in [-0.3, -0.25) is 4.79 Å². The van der Waals surface area contributed by atoms with Crippen molar-refractivity contribution >= 4 is 15.9 Å². The minimum absolute atomic E-state index is 0.0307. The molecule has 2 N–H and O–H groups in total. The van der Waals surface area contributed by atoms with Crippen molar-refractivity contribution < 1.29 is 17.9 Å². The second kappa shape index (κ2) is 8.75. The number of carbonyl (C=O) groups is 1. The Hall–Kier alpha value is -1.48. The van der Waals surface area contributed by atoms with Gasteiger partial charge in [-0.05, 0) is 44.7 Å². The maximum Gasteiger partial charge on any atom is 0.251 e. The van der Waals surface area contributed by atoms with Crippen molar-refractivity contribution in [2.75, 3.05) is 33.3 Å². The minimum Gasteiger partial charge on any atom is -0.375 e. The van der Waals surface area contributed by atoms with E-state index in [0.29, 0.717) is 18.7 Å². The number of ether oxygens (including phenoxy) is 1. The molecule has 0 radical (unpaired) electrons. The number of sulfonamides is 1. The van der Waals surface area contributed by atoms with E-state index in [1.54, 1.807) is 0 Å². The maximum absolute atomic E-state index is 12.4. The molecule has 1 heterocycles. The summed E-state index contributed by atoms with van der Waals surface area (Å²) in [6.45, 7) is 6.32. The van der Waals surface area contributed by atoms with Crippen molar-refractivity contribution in [3.63, 3.8) is 0 Å². The van der Waals surface area contributed by atoms with Crippen LogP contribution in [0.1, 0.15) is 30.6 Å². The third-order valence-electron chi connectivity index (χ3n) is 4.11. The Morgan fingerprint density at radius 2 is 1.92 bits per heavy atom. The number of hydrogen-bond donors (Lipinski definition) is 2. The predicted octanol–water partition coefficient (Wildman–Crippen LogP) is 0.824. The fourth-order valence-electron chi connectivity index (χ4n) is 2.84. The number of nitrogens with zero attached hydrogens (tertiary/aromatic N) is 1. The van der Waals surface area contributed by atoms with Gasteiger partial charge in [0.1, 0.15) is 0 Å². The smallest absolute Gasteiger partial charge is 0.251 e. The number of nitrogens with one attached hydrogen (secondary N) is 2. The van der Waals surface area contributed by atoms with E-state index in [4.69, 9.17) is 4.74 Å². The summed E-state index contributed by atoms with van der Waals surface area (Å²) in [6, 6.07) is 5.89. The summed E-state index contributed by atoms with van der Waals surface area (Å²) >= 11 is 0. The van der Waals surface area contributed by atoms with Crippen LogP contribution in [0.2, 0.25) is 0 Å². The van der Waals surface area contributed by atoms with Gasteiger partial charge in [-0.1, -0.05) is 6.92 Å². The average Bonchev–Trinajstić information content (AvgIpc) is 2.92. The molecular formula is C17H27N3O4S. The Bertz CT molecular complexity index is 676. The first-order valence-corrected chi connectivity index (χ1v) is 10.1. The summed E-state index contributed by atoms with van der Waals surface area (Å²) in [4.78, 5) is 14.7. The van der Waals surface area contributed by atoms with Gasteiger partial charge >= 0.3 is 0 Å². The van der Waals surface area contributed by atoms with Crippen LogP contribution in [0, 0.1) is 0 Å². The highest BCUT2D eigenvalue weighted by molar-refractivity contribution is 7.89. The first-order chi connectivity index (χ1) is 11.9. The zero-order chi connectivity index (χ0) is 18.4. The van der Waals surface area contributed by atoms with Gasteiger partial charge in [0.05, 0.1) is 17.0 Å². The largest absolute Gasteiger partial charge is 0.375 e. The van der Waals surface area contributed by atoms with E-state index in [1.165, 1.54) is 24.3 Å². The monoisotopic (exact) mass is 369 g/mol. The standard InChI is InChI=1S/C17H27N3O4S/c1-4-10-18-25(22,23)14-8-6-13(7-9-14)17(21)19-15-11-20(3)12-16(15)24-5-2/h6-9,15-16,18H,4-5,10-12H2,1-3H3,(H,19,21)/t15-,16-/m1/s1. The molecule has 0 aliphatic carbocycles. The van der Waals surface area contributed by atoms with Crippen molar-refractivity contribution in [2.45, 2.75) is 37.3 Å². The van der Waals surface area contributed by atoms with Crippen LogP contribution in [0.25, 0.3) is 0 Å². The molecule has 1 aliphatic heterocycles. The Kier molecular flexibility index (Phi) is 6.95. The number of hydrogen-bond acceptors (Lipinski definition) is 5. The van der Waals surface area contributed by atoms with Gasteiger partial charge in [0.15, 0.2) is 0 Å². The third kappa shape index (κ3) is 5.24. The van der Waals surface area contributed by atoms with Crippen molar-refractivity contribution in [1.29, 1.82) is 0 Å². The molecule has 1 amide bonds. The Morgan fingerprint density at radius 1 is 1.24 bits per heavy atom. The van der Waals surface area contributed by atoms with E-state index < -0.39 is 10.0 Å². The fourth-order valence-corrected chi connectivity index (χ4v) is 3.97. The van der Waals surface area contributed by atoms with E-state index in [-0.39, 0.29) is 22.9 Å². The lowest BCUT2D eigenvalue weighted by molar-refractivity contribution is 0.0513. The molecule has 0 aromatic heterocycles. The minimum atomic E-state index is -3.52. The molecule has 1 fully saturated rings. The van der Waals surface area contributed by atoms with Gasteiger partial charge in [-0.25, -0.2) is 13.1 Å². The summed E-state index contributed by atoms with van der Waals surface area (Å²) in [5.74, 6) is -0.226. The highest BCUT2D eigenvalue weighted by Crippen LogP contribution is 2.14. The molecule has 1 aromatic carbocycles. The van der Waals surface area contributed by atoms with Crippen LogP contribution in [-0.2, 0) is 14.8 Å². The molecule has 1 aliphatic rings. The Morgan fingerprint density at radius 3 is 2.52 bits per heavy atom. The maximum atomic E-state index is 12.4. The zero-order valence-electron chi connectivity index (χ0n) is 15.0. The van der Waals surface area contributed by atoms with Crippen molar-refractivity contribution in [3.8, 4) is 0 Å². The number of amides is 1. The Balaban J connectivity index is 2.03. The van der Waals surface area contributed by atoms with Crippen LogP contribution in [0.3, 0.4) is 0 Å². The summed E-state index contributed by atoms with van der Waals surface area (Å²) < 4.78 is 32.3. The first-order valence-electron chi connectivity index (χ1n) is 8.58. The lowest BCUT2D eigenvalue weighted by atomic mass is 10.1. The van der Waals surface area contributed by atoms with Crippen LogP contribution in [0.5, 0.6) is 0 Å². The normalized spacial score (nSPS) is 21.4. The second-order valence-electron chi connectivity index (χ2n) is 6.22. The summed E-state index contributed by atoms with van der Waals surface area (Å²) in [5.41, 5.74) is 0.430. The molecule has 140 valence electrons. The van der Waals surface area contributed by atoms with E-state index >= 15 is 0 Å². The van der Waals surface area contributed by atoms with Gasteiger partial charge in [-0.15, -0.1) is 0 Å². The van der Waals surface area contributed by atoms with E-state index in [2.05, 4.69) is 14.9 Å². The quantitative estimate of drug-likeness (QED) is 0.708. The zero-order valence-corrected chi connectivity index (χ0v) is 15.8. The molecule has 1 aromatic rings. The predicted molar refractivity (Wildman–Crippen MR) is 96.1 cm³/mol. The van der Waals surface area contributed by atoms with Gasteiger partial charge in [0, 0.05) is 31.8 Å². The molecule has 0 unspecified atom stereocenters. The lowest BCUT2D eigenvalue weighted by Crippen LogP contribution is -2.44. The number of benzene rings is 1. The highest BCUT2D eigenvalue weighted by Gasteiger charge is 2.32. The molecule has 1 saturated heterocycles. The van der Waals surface area contributed by atoms with Gasteiger partial charge in [-0.2, -0.15) is 0 Å². The molecule has 7 nitrogen and oxygen atoms in total. The van der Waals surface area contributed by atoms with Gasteiger partial charge in [0.25, 0.3) is 5.91 Å². The second-order valence-corrected chi connectivity index (χ2v) is 7.98. The number of carbonyl (C=O) groups excluding carboxylic acids is 1. The van der Waals surface area contributed by atoms with Gasteiger partial charge in [0.2, 0.25) is 10.0 Å². The summed E-state index contributed by atoms with van der Waals surface area (Å²) in [6.07, 6.45) is 0.688. The lowest BCUT2D eigenvalue weighted by Gasteiger charge is -2.19. The van der Waals surface area contributed by atoms with E-state index in [0.717, 1.165) is 19.5 Å². The van der Waals surface area contributed by atoms with Crippen LogP contribution in [0.4, 0.5) is 0 Å². The van der Waals surface area contributed by atoms with Crippen LogP contribution in [0.15, 0.2) is 29.2 Å². The molecule has 0 spiro atoms. The fraction of sp³-hybridized carbons (Fsp3) is 0.588. The molecule has 2 rings (SSSR count). The van der Waals surface area contributed by atoms with Gasteiger partial charge < -0.3 is 15.0 Å². The molecule has 0 bridgehead atoms. The number of rotatable bonds is 8. The van der Waals surface area contributed by atoms with E-state index in [1.807, 2.05) is 20.9 Å². The van der Waals surface area contributed by atoms with Crippen molar-refractivity contribution in [2.24, 2.45) is 0 Å². The number of likely N-dealkylation sites (tertiary alicyclic amines) is 1. The first kappa shape index (κ1) is 19.8. The van der Waals surface area contributed by atoms with Crippen LogP contribution in [-0.4, -0.2) is 64.7 Å². The highest BCUT2D eigenvalue weighted by atomic mass is 32.2. The third-order valence-corrected chi connectivity index (χ3v) is 5.59.